The summed E-state index contributed by atoms with van der Waals surface area (Å²) < 4.78 is 12.1. The lowest BCUT2D eigenvalue weighted by molar-refractivity contribution is -0.132. The van der Waals surface area contributed by atoms with Gasteiger partial charge in [-0.25, -0.2) is 4.98 Å². The molecule has 1 fully saturated rings. The van der Waals surface area contributed by atoms with Crippen molar-refractivity contribution in [3.05, 3.63) is 83.2 Å². The topological polar surface area (TPSA) is 102 Å². The lowest BCUT2D eigenvalue weighted by Crippen LogP contribution is -2.29. The summed E-state index contributed by atoms with van der Waals surface area (Å²) in [6, 6.07) is 13.3. The van der Waals surface area contributed by atoms with Crippen molar-refractivity contribution >= 4 is 44.1 Å². The Labute approximate surface area is 204 Å². The Morgan fingerprint density at radius 2 is 1.80 bits per heavy atom. The smallest absolute Gasteiger partial charge is 0.301 e. The number of aryl methyl sites for hydroxylation is 1. The summed E-state index contributed by atoms with van der Waals surface area (Å²) in [5.74, 6) is -0.793. The summed E-state index contributed by atoms with van der Waals surface area (Å²) in [4.78, 5) is 36.8. The molecule has 1 unspecified atom stereocenters. The summed E-state index contributed by atoms with van der Waals surface area (Å²) in [7, 11) is 0. The van der Waals surface area contributed by atoms with Crippen molar-refractivity contribution in [3.63, 3.8) is 0 Å². The van der Waals surface area contributed by atoms with Crippen LogP contribution in [-0.2, 0) is 9.59 Å². The summed E-state index contributed by atoms with van der Waals surface area (Å²) in [6.07, 6.45) is 3.17. The monoisotopic (exact) mass is 485 g/mol. The van der Waals surface area contributed by atoms with Crippen molar-refractivity contribution in [1.82, 2.24) is 9.97 Å². The van der Waals surface area contributed by atoms with Gasteiger partial charge in [-0.1, -0.05) is 17.4 Å². The number of aliphatic hydroxyl groups is 1. The van der Waals surface area contributed by atoms with Crippen LogP contribution in [-0.4, -0.2) is 40.0 Å². The maximum absolute atomic E-state index is 13.3. The van der Waals surface area contributed by atoms with E-state index in [0.717, 1.165) is 15.8 Å². The molecule has 2 aliphatic heterocycles. The number of pyridine rings is 1. The van der Waals surface area contributed by atoms with Gasteiger partial charge < -0.3 is 14.6 Å². The number of amides is 1. The second-order valence-electron chi connectivity index (χ2n) is 8.28. The third kappa shape index (κ3) is 3.52. The first-order valence-corrected chi connectivity index (χ1v) is 11.8. The van der Waals surface area contributed by atoms with E-state index in [2.05, 4.69) is 9.97 Å². The number of Topliss-reactive ketones (excluding diaryl/α,β-unsaturated/α-hetero) is 1. The van der Waals surface area contributed by atoms with E-state index < -0.39 is 17.7 Å². The van der Waals surface area contributed by atoms with E-state index in [9.17, 15) is 14.7 Å². The number of hydrogen-bond acceptors (Lipinski definition) is 8. The molecule has 0 radical (unpaired) electrons. The third-order valence-electron chi connectivity index (χ3n) is 6.02. The highest BCUT2D eigenvalue weighted by molar-refractivity contribution is 7.22. The Bertz CT molecular complexity index is 1530. The lowest BCUT2D eigenvalue weighted by Gasteiger charge is -2.23. The van der Waals surface area contributed by atoms with Crippen molar-refractivity contribution in [2.24, 2.45) is 0 Å². The zero-order valence-electron chi connectivity index (χ0n) is 18.6. The molecule has 2 aromatic carbocycles. The molecule has 35 heavy (non-hydrogen) atoms. The minimum Gasteiger partial charge on any atom is -0.507 e. The molecule has 0 aliphatic carbocycles. The van der Waals surface area contributed by atoms with Gasteiger partial charge in [0.05, 0.1) is 21.8 Å². The second kappa shape index (κ2) is 8.21. The minimum absolute atomic E-state index is 0.0201. The first-order chi connectivity index (χ1) is 17.0. The molecule has 1 saturated heterocycles. The standard InChI is InChI=1S/C26H19N3O5S/c1-14-2-4-17-20(12-14)35-26(28-17)29-22(15-6-8-27-9-7-15)21(24(31)25(29)32)23(30)16-3-5-18-19(13-16)34-11-10-33-18/h2-9,12-13,22,30H,10-11H2,1H3. The Morgan fingerprint density at radius 1 is 1.03 bits per heavy atom. The number of nitrogens with zero attached hydrogens (tertiary/aromatic N) is 3. The van der Waals surface area contributed by atoms with Gasteiger partial charge in [0, 0.05) is 18.0 Å². The highest BCUT2D eigenvalue weighted by Crippen LogP contribution is 2.45. The quantitative estimate of drug-likeness (QED) is 0.261. The summed E-state index contributed by atoms with van der Waals surface area (Å²) in [5, 5.41) is 11.7. The molecule has 0 bridgehead atoms. The first kappa shape index (κ1) is 21.3. The van der Waals surface area contributed by atoms with Gasteiger partial charge in [0.15, 0.2) is 16.6 Å². The van der Waals surface area contributed by atoms with Gasteiger partial charge in [-0.3, -0.25) is 19.5 Å². The zero-order chi connectivity index (χ0) is 24.1. The number of carbonyl (C=O) groups excluding carboxylic acids is 2. The number of thiazole rings is 1. The molecule has 8 nitrogen and oxygen atoms in total. The largest absolute Gasteiger partial charge is 0.507 e. The molecule has 9 heteroatoms. The summed E-state index contributed by atoms with van der Waals surface area (Å²) in [5.41, 5.74) is 2.77. The van der Waals surface area contributed by atoms with Crippen LogP contribution in [0.15, 0.2) is 66.5 Å². The van der Waals surface area contributed by atoms with Crippen LogP contribution in [0.1, 0.15) is 22.7 Å². The van der Waals surface area contributed by atoms with Gasteiger partial charge in [-0.05, 0) is 60.5 Å². The number of ether oxygens (including phenoxy) is 2. The average molecular weight is 486 g/mol. The fraction of sp³-hybridized carbons (Fsp3) is 0.154. The number of aliphatic hydroxyl groups excluding tert-OH is 1. The molecule has 2 aromatic heterocycles. The van der Waals surface area contributed by atoms with Crippen molar-refractivity contribution in [2.45, 2.75) is 13.0 Å². The first-order valence-electron chi connectivity index (χ1n) is 11.0. The van der Waals surface area contributed by atoms with E-state index in [1.807, 2.05) is 25.1 Å². The maximum atomic E-state index is 13.3. The van der Waals surface area contributed by atoms with E-state index in [1.54, 1.807) is 42.7 Å². The van der Waals surface area contributed by atoms with Crippen LogP contribution in [0.25, 0.3) is 16.0 Å². The predicted octanol–water partition coefficient (Wildman–Crippen LogP) is 4.40. The maximum Gasteiger partial charge on any atom is 0.301 e. The molecule has 174 valence electrons. The molecule has 0 saturated carbocycles. The summed E-state index contributed by atoms with van der Waals surface area (Å²) in [6.45, 7) is 2.80. The predicted molar refractivity (Wildman–Crippen MR) is 131 cm³/mol. The Kier molecular flexibility index (Phi) is 5.00. The SMILES string of the molecule is Cc1ccc2nc(N3C(=O)C(=O)C(=C(O)c4ccc5c(c4)OCCO5)C3c3ccncc3)sc2c1. The van der Waals surface area contributed by atoms with Gasteiger partial charge in [-0.2, -0.15) is 0 Å². The van der Waals surface area contributed by atoms with Crippen molar-refractivity contribution < 1.29 is 24.2 Å². The van der Waals surface area contributed by atoms with Crippen molar-refractivity contribution in [3.8, 4) is 11.5 Å². The summed E-state index contributed by atoms with van der Waals surface area (Å²) >= 11 is 1.33. The third-order valence-corrected chi connectivity index (χ3v) is 7.04. The number of rotatable bonds is 3. The van der Waals surface area contributed by atoms with Crippen molar-refractivity contribution in [1.29, 1.82) is 0 Å². The number of anilines is 1. The number of ketones is 1. The number of aromatic nitrogens is 2. The van der Waals surface area contributed by atoms with Gasteiger partial charge in [0.2, 0.25) is 0 Å². The van der Waals surface area contributed by atoms with Crippen molar-refractivity contribution in [2.75, 3.05) is 18.1 Å². The van der Waals surface area contributed by atoms with Crippen LogP contribution >= 0.6 is 11.3 Å². The van der Waals surface area contributed by atoms with Gasteiger partial charge in [0.25, 0.3) is 5.78 Å². The van der Waals surface area contributed by atoms with E-state index in [4.69, 9.17) is 9.47 Å². The normalized spacial score (nSPS) is 18.9. The highest BCUT2D eigenvalue weighted by Gasteiger charge is 2.48. The molecule has 2 aliphatic rings. The van der Waals surface area contributed by atoms with E-state index in [1.165, 1.54) is 16.2 Å². The Balaban J connectivity index is 1.53. The molecule has 6 rings (SSSR count). The Hall–Kier alpha value is -4.24. The lowest BCUT2D eigenvalue weighted by atomic mass is 9.96. The van der Waals surface area contributed by atoms with Crippen LogP contribution in [0.5, 0.6) is 11.5 Å². The minimum atomic E-state index is -0.868. The van der Waals surface area contributed by atoms with E-state index >= 15 is 0 Å². The highest BCUT2D eigenvalue weighted by atomic mass is 32.1. The zero-order valence-corrected chi connectivity index (χ0v) is 19.4. The molecule has 0 spiro atoms. The van der Waals surface area contributed by atoms with Gasteiger partial charge in [-0.15, -0.1) is 0 Å². The van der Waals surface area contributed by atoms with Crippen LogP contribution in [0, 0.1) is 6.92 Å². The molecule has 4 aromatic rings. The molecule has 1 N–H and O–H groups in total. The Morgan fingerprint density at radius 3 is 2.60 bits per heavy atom. The molecule has 4 heterocycles. The van der Waals surface area contributed by atoms with Gasteiger partial charge >= 0.3 is 5.91 Å². The van der Waals surface area contributed by atoms with Crippen LogP contribution < -0.4 is 14.4 Å². The number of benzene rings is 2. The van der Waals surface area contributed by atoms with E-state index in [0.29, 0.717) is 41.0 Å². The van der Waals surface area contributed by atoms with Crippen LogP contribution in [0.4, 0.5) is 5.13 Å². The number of carbonyl (C=O) groups is 2. The van der Waals surface area contributed by atoms with Crippen LogP contribution in [0.3, 0.4) is 0 Å². The fourth-order valence-electron chi connectivity index (χ4n) is 4.36. The average Bonchev–Trinajstić information content (AvgIpc) is 3.41. The molecular weight excluding hydrogens is 466 g/mol. The number of fused-ring (bicyclic) bond motifs is 2. The van der Waals surface area contributed by atoms with Gasteiger partial charge in [0.1, 0.15) is 19.0 Å². The number of hydrogen-bond donors (Lipinski definition) is 1. The van der Waals surface area contributed by atoms with Crippen LogP contribution in [0.2, 0.25) is 0 Å². The second-order valence-corrected chi connectivity index (χ2v) is 9.28. The molecular formula is C26H19N3O5S. The molecule has 1 amide bonds. The fourth-order valence-corrected chi connectivity index (χ4v) is 5.45. The molecule has 1 atom stereocenters. The van der Waals surface area contributed by atoms with E-state index in [-0.39, 0.29) is 11.3 Å².